The van der Waals surface area contributed by atoms with E-state index in [-0.39, 0.29) is 17.8 Å². The molecule has 1 unspecified atom stereocenters. The Labute approximate surface area is 109 Å². The van der Waals surface area contributed by atoms with Crippen LogP contribution in [0.5, 0.6) is 0 Å². The first kappa shape index (κ1) is 12.2. The Bertz CT molecular complexity index is 346. The predicted molar refractivity (Wildman–Crippen MR) is 69.0 cm³/mol. The summed E-state index contributed by atoms with van der Waals surface area (Å²) < 4.78 is 0. The van der Waals surface area contributed by atoms with Crippen molar-refractivity contribution in [3.8, 4) is 0 Å². The standard InChI is InChI=1S/C15H23NO2/c1-2-16(13-6-7-13)15(18)12-8-10-4-3-5-11(9-12)14(10)17/h10-13H,2-9H2,1H3/t10-,11+,12?. The van der Waals surface area contributed by atoms with Crippen LogP contribution in [0.15, 0.2) is 0 Å². The number of fused-ring (bicyclic) bond motifs is 2. The average molecular weight is 249 g/mol. The van der Waals surface area contributed by atoms with E-state index in [2.05, 4.69) is 11.8 Å². The van der Waals surface area contributed by atoms with Crippen LogP contribution in [-0.4, -0.2) is 29.2 Å². The van der Waals surface area contributed by atoms with Gasteiger partial charge in [-0.25, -0.2) is 0 Å². The van der Waals surface area contributed by atoms with Crippen molar-refractivity contribution < 1.29 is 9.59 Å². The Morgan fingerprint density at radius 3 is 2.28 bits per heavy atom. The lowest BCUT2D eigenvalue weighted by molar-refractivity contribution is -0.143. The molecule has 0 N–H and O–H groups in total. The molecular formula is C15H23NO2. The Kier molecular flexibility index (Phi) is 3.16. The largest absolute Gasteiger partial charge is 0.340 e. The van der Waals surface area contributed by atoms with Gasteiger partial charge in [-0.15, -0.1) is 0 Å². The number of carbonyl (C=O) groups is 2. The molecule has 2 bridgehead atoms. The molecule has 0 aromatic rings. The molecule has 3 heteroatoms. The second-order valence-electron chi connectivity index (χ2n) is 6.25. The van der Waals surface area contributed by atoms with Gasteiger partial charge in [0, 0.05) is 30.3 Å². The summed E-state index contributed by atoms with van der Waals surface area (Å²) in [7, 11) is 0. The maximum Gasteiger partial charge on any atom is 0.225 e. The van der Waals surface area contributed by atoms with Gasteiger partial charge in [0.1, 0.15) is 5.78 Å². The van der Waals surface area contributed by atoms with Crippen LogP contribution < -0.4 is 0 Å². The molecule has 0 heterocycles. The van der Waals surface area contributed by atoms with E-state index in [0.29, 0.717) is 17.7 Å². The molecule has 3 fully saturated rings. The summed E-state index contributed by atoms with van der Waals surface area (Å²) in [5.74, 6) is 1.33. The van der Waals surface area contributed by atoms with E-state index >= 15 is 0 Å². The molecule has 1 amide bonds. The van der Waals surface area contributed by atoms with Crippen LogP contribution in [0.2, 0.25) is 0 Å². The number of amides is 1. The highest BCUT2D eigenvalue weighted by Gasteiger charge is 2.43. The van der Waals surface area contributed by atoms with Crippen LogP contribution in [0.3, 0.4) is 0 Å². The van der Waals surface area contributed by atoms with Crippen molar-refractivity contribution in [3.63, 3.8) is 0 Å². The zero-order valence-electron chi connectivity index (χ0n) is 11.2. The minimum atomic E-state index is 0.138. The Balaban J connectivity index is 1.69. The number of ketones is 1. The van der Waals surface area contributed by atoms with Gasteiger partial charge in [-0.3, -0.25) is 9.59 Å². The van der Waals surface area contributed by atoms with Crippen LogP contribution in [0.1, 0.15) is 51.9 Å². The zero-order valence-corrected chi connectivity index (χ0v) is 11.2. The fourth-order valence-electron chi connectivity index (χ4n) is 3.90. The summed E-state index contributed by atoms with van der Waals surface area (Å²) in [5.41, 5.74) is 0. The highest BCUT2D eigenvalue weighted by Crippen LogP contribution is 2.41. The van der Waals surface area contributed by atoms with Crippen LogP contribution in [0, 0.1) is 17.8 Å². The van der Waals surface area contributed by atoms with Crippen molar-refractivity contribution in [1.29, 1.82) is 0 Å². The summed E-state index contributed by atoms with van der Waals surface area (Å²) in [6.07, 6.45) is 7.25. The topological polar surface area (TPSA) is 37.4 Å². The molecule has 3 aliphatic carbocycles. The summed E-state index contributed by atoms with van der Waals surface area (Å²) in [4.78, 5) is 26.7. The van der Waals surface area contributed by atoms with Crippen LogP contribution in [-0.2, 0) is 9.59 Å². The lowest BCUT2D eigenvalue weighted by Gasteiger charge is -2.38. The van der Waals surface area contributed by atoms with E-state index in [9.17, 15) is 9.59 Å². The minimum Gasteiger partial charge on any atom is -0.340 e. The SMILES string of the molecule is CCN(C(=O)C1C[C@H]2CCC[C@@H](C1)C2=O)C1CC1. The monoisotopic (exact) mass is 249 g/mol. The smallest absolute Gasteiger partial charge is 0.225 e. The summed E-state index contributed by atoms with van der Waals surface area (Å²) in [6.45, 7) is 2.91. The minimum absolute atomic E-state index is 0.138. The van der Waals surface area contributed by atoms with Crippen molar-refractivity contribution in [2.45, 2.75) is 57.9 Å². The number of carbonyl (C=O) groups excluding carboxylic acids is 2. The normalized spacial score (nSPS) is 35.4. The van der Waals surface area contributed by atoms with Gasteiger partial charge < -0.3 is 4.90 Å². The van der Waals surface area contributed by atoms with Crippen LogP contribution in [0.25, 0.3) is 0 Å². The number of rotatable bonds is 3. The number of Topliss-reactive ketones (excluding diaryl/α,β-unsaturated/α-hetero) is 1. The molecule has 3 nitrogen and oxygen atoms in total. The predicted octanol–water partition coefficient (Wildman–Crippen LogP) is 2.39. The molecule has 0 saturated heterocycles. The van der Waals surface area contributed by atoms with Gasteiger partial charge >= 0.3 is 0 Å². The number of hydrogen-bond acceptors (Lipinski definition) is 2. The molecule has 3 saturated carbocycles. The third-order valence-corrected chi connectivity index (χ3v) is 5.01. The van der Waals surface area contributed by atoms with Crippen LogP contribution in [0.4, 0.5) is 0 Å². The molecule has 100 valence electrons. The maximum atomic E-state index is 12.6. The zero-order chi connectivity index (χ0) is 12.7. The van der Waals surface area contributed by atoms with E-state index in [1.165, 1.54) is 19.3 Å². The van der Waals surface area contributed by atoms with Crippen molar-refractivity contribution >= 4 is 11.7 Å². The first-order chi connectivity index (χ1) is 8.70. The second-order valence-corrected chi connectivity index (χ2v) is 6.25. The van der Waals surface area contributed by atoms with Gasteiger partial charge in [0.05, 0.1) is 0 Å². The fourth-order valence-corrected chi connectivity index (χ4v) is 3.90. The number of nitrogens with zero attached hydrogens (tertiary/aromatic N) is 1. The molecule has 0 spiro atoms. The van der Waals surface area contributed by atoms with E-state index in [4.69, 9.17) is 0 Å². The van der Waals surface area contributed by atoms with E-state index in [0.717, 1.165) is 32.2 Å². The molecule has 0 aromatic heterocycles. The lowest BCUT2D eigenvalue weighted by atomic mass is 9.67. The van der Waals surface area contributed by atoms with Crippen molar-refractivity contribution in [1.82, 2.24) is 4.90 Å². The van der Waals surface area contributed by atoms with Gasteiger partial charge in [-0.1, -0.05) is 6.42 Å². The molecule has 18 heavy (non-hydrogen) atoms. The average Bonchev–Trinajstić information content (AvgIpc) is 3.14. The van der Waals surface area contributed by atoms with E-state index < -0.39 is 0 Å². The first-order valence-corrected chi connectivity index (χ1v) is 7.55. The Morgan fingerprint density at radius 2 is 1.78 bits per heavy atom. The molecule has 3 atom stereocenters. The van der Waals surface area contributed by atoms with Gasteiger partial charge in [-0.05, 0) is 45.4 Å². The number of hydrogen-bond donors (Lipinski definition) is 0. The quantitative estimate of drug-likeness (QED) is 0.770. The summed E-state index contributed by atoms with van der Waals surface area (Å²) in [5, 5.41) is 0. The summed E-state index contributed by atoms with van der Waals surface area (Å²) >= 11 is 0. The van der Waals surface area contributed by atoms with Gasteiger partial charge in [0.2, 0.25) is 5.91 Å². The van der Waals surface area contributed by atoms with E-state index in [1.54, 1.807) is 0 Å². The van der Waals surface area contributed by atoms with Crippen molar-refractivity contribution in [2.75, 3.05) is 6.54 Å². The second kappa shape index (κ2) is 4.67. The molecule has 3 rings (SSSR count). The molecule has 0 aliphatic heterocycles. The van der Waals surface area contributed by atoms with Crippen molar-refractivity contribution in [2.24, 2.45) is 17.8 Å². The summed E-state index contributed by atoms with van der Waals surface area (Å²) in [6, 6.07) is 0.514. The van der Waals surface area contributed by atoms with Gasteiger partial charge in [0.25, 0.3) is 0 Å². The van der Waals surface area contributed by atoms with E-state index in [1.807, 2.05) is 0 Å². The maximum absolute atomic E-state index is 12.6. The fraction of sp³-hybridized carbons (Fsp3) is 0.867. The lowest BCUT2D eigenvalue weighted by Crippen LogP contribution is -2.44. The Hall–Kier alpha value is -0.860. The van der Waals surface area contributed by atoms with Crippen molar-refractivity contribution in [3.05, 3.63) is 0 Å². The third-order valence-electron chi connectivity index (χ3n) is 5.01. The molecular weight excluding hydrogens is 226 g/mol. The van der Waals surface area contributed by atoms with Crippen LogP contribution >= 0.6 is 0 Å². The van der Waals surface area contributed by atoms with Gasteiger partial charge in [0.15, 0.2) is 0 Å². The highest BCUT2D eigenvalue weighted by molar-refractivity contribution is 5.88. The molecule has 0 radical (unpaired) electrons. The Morgan fingerprint density at radius 1 is 1.17 bits per heavy atom. The highest BCUT2D eigenvalue weighted by atomic mass is 16.2. The molecule has 0 aromatic carbocycles. The third kappa shape index (κ3) is 2.08. The van der Waals surface area contributed by atoms with Gasteiger partial charge in [-0.2, -0.15) is 0 Å². The molecule has 3 aliphatic rings. The first-order valence-electron chi connectivity index (χ1n) is 7.55.